The standard InChI is InChI=1S/C49H32N2O2/c52-49(38-18-10-17-36(28-38)35-16-9-15-34(27-35)32-11-3-1-4-12-32)50-39-22-25-47-43(30-39)44-31-40(23-26-48(44)53-47)51-45-20-8-7-19-41(45)42-29-37(21-24-46(42)51)33-13-5-2-6-14-33/h1-31H,(H,50,52). The van der Waals surface area contributed by atoms with E-state index in [1.54, 1.807) is 0 Å². The van der Waals surface area contributed by atoms with Gasteiger partial charge in [-0.1, -0.05) is 115 Å². The minimum Gasteiger partial charge on any atom is -0.456 e. The van der Waals surface area contributed by atoms with Crippen LogP contribution in [0.3, 0.4) is 0 Å². The van der Waals surface area contributed by atoms with Crippen LogP contribution in [0, 0.1) is 0 Å². The molecule has 0 bridgehead atoms. The number of hydrogen-bond donors (Lipinski definition) is 1. The molecule has 4 heteroatoms. The van der Waals surface area contributed by atoms with E-state index in [-0.39, 0.29) is 5.91 Å². The van der Waals surface area contributed by atoms with Gasteiger partial charge in [0, 0.05) is 38.5 Å². The third-order valence-electron chi connectivity index (χ3n) is 10.2. The summed E-state index contributed by atoms with van der Waals surface area (Å²) in [5.41, 5.74) is 12.9. The molecule has 0 saturated heterocycles. The van der Waals surface area contributed by atoms with Crippen LogP contribution in [0.15, 0.2) is 192 Å². The summed E-state index contributed by atoms with van der Waals surface area (Å²) in [6.45, 7) is 0. The number of anilines is 1. The zero-order valence-corrected chi connectivity index (χ0v) is 28.7. The summed E-state index contributed by atoms with van der Waals surface area (Å²) < 4.78 is 8.62. The Balaban J connectivity index is 0.993. The first-order chi connectivity index (χ1) is 26.2. The first-order valence-electron chi connectivity index (χ1n) is 17.8. The van der Waals surface area contributed by atoms with Gasteiger partial charge in [-0.2, -0.15) is 0 Å². The van der Waals surface area contributed by atoms with Crippen LogP contribution >= 0.6 is 0 Å². The lowest BCUT2D eigenvalue weighted by Gasteiger charge is -2.10. The molecule has 1 N–H and O–H groups in total. The molecule has 250 valence electrons. The first-order valence-corrected chi connectivity index (χ1v) is 17.8. The molecule has 0 unspecified atom stereocenters. The maximum atomic E-state index is 13.7. The summed E-state index contributed by atoms with van der Waals surface area (Å²) in [5, 5.41) is 7.48. The fraction of sp³-hybridized carbons (Fsp3) is 0. The van der Waals surface area contributed by atoms with Crippen LogP contribution in [-0.4, -0.2) is 10.5 Å². The van der Waals surface area contributed by atoms with Crippen molar-refractivity contribution in [2.24, 2.45) is 0 Å². The van der Waals surface area contributed by atoms with Gasteiger partial charge in [-0.05, 0) is 106 Å². The number of aromatic nitrogens is 1. The molecule has 2 aromatic heterocycles. The Bertz CT molecular complexity index is 2990. The SMILES string of the molecule is O=C(Nc1ccc2oc3ccc(-n4c5ccccc5c5cc(-c6ccccc6)ccc54)cc3c2c1)c1cccc(-c2cccc(-c3ccccc3)c2)c1. The topological polar surface area (TPSA) is 47.2 Å². The molecule has 10 rings (SSSR count). The maximum absolute atomic E-state index is 13.7. The Morgan fingerprint density at radius 1 is 0.415 bits per heavy atom. The molecule has 0 atom stereocenters. The number of furan rings is 1. The van der Waals surface area contributed by atoms with Gasteiger partial charge in [0.1, 0.15) is 11.2 Å². The minimum absolute atomic E-state index is 0.168. The molecule has 0 aliphatic heterocycles. The van der Waals surface area contributed by atoms with Crippen LogP contribution in [0.5, 0.6) is 0 Å². The highest BCUT2D eigenvalue weighted by Crippen LogP contribution is 2.38. The van der Waals surface area contributed by atoms with Crippen molar-refractivity contribution in [2.75, 3.05) is 5.32 Å². The molecule has 0 aliphatic carbocycles. The lowest BCUT2D eigenvalue weighted by molar-refractivity contribution is 0.102. The number of rotatable bonds is 6. The maximum Gasteiger partial charge on any atom is 0.255 e. The van der Waals surface area contributed by atoms with Gasteiger partial charge >= 0.3 is 0 Å². The highest BCUT2D eigenvalue weighted by Gasteiger charge is 2.16. The van der Waals surface area contributed by atoms with Gasteiger partial charge in [-0.3, -0.25) is 4.79 Å². The summed E-state index contributed by atoms with van der Waals surface area (Å²) in [7, 11) is 0. The van der Waals surface area contributed by atoms with Gasteiger partial charge in [0.15, 0.2) is 0 Å². The summed E-state index contributed by atoms with van der Waals surface area (Å²) in [6.07, 6.45) is 0. The molecule has 0 radical (unpaired) electrons. The predicted molar refractivity (Wildman–Crippen MR) is 219 cm³/mol. The highest BCUT2D eigenvalue weighted by molar-refractivity contribution is 6.12. The Hall–Kier alpha value is -7.17. The summed E-state index contributed by atoms with van der Waals surface area (Å²) in [5.74, 6) is -0.168. The zero-order valence-electron chi connectivity index (χ0n) is 28.7. The van der Waals surface area contributed by atoms with Crippen molar-refractivity contribution in [1.29, 1.82) is 0 Å². The van der Waals surface area contributed by atoms with Crippen molar-refractivity contribution >= 4 is 55.3 Å². The van der Waals surface area contributed by atoms with E-state index in [2.05, 4.69) is 125 Å². The van der Waals surface area contributed by atoms with Crippen molar-refractivity contribution in [3.8, 4) is 39.1 Å². The third-order valence-corrected chi connectivity index (χ3v) is 10.2. The van der Waals surface area contributed by atoms with E-state index < -0.39 is 0 Å². The molecular formula is C49H32N2O2. The van der Waals surface area contributed by atoms with Crippen molar-refractivity contribution in [3.05, 3.63) is 194 Å². The number of carbonyl (C=O) groups is 1. The van der Waals surface area contributed by atoms with Crippen LogP contribution in [0.4, 0.5) is 5.69 Å². The fourth-order valence-corrected chi connectivity index (χ4v) is 7.60. The van der Waals surface area contributed by atoms with Gasteiger partial charge in [-0.15, -0.1) is 0 Å². The van der Waals surface area contributed by atoms with Crippen molar-refractivity contribution in [1.82, 2.24) is 4.57 Å². The predicted octanol–water partition coefficient (Wildman–Crippen LogP) is 12.9. The number of amides is 1. The molecule has 0 saturated carbocycles. The van der Waals surface area contributed by atoms with Gasteiger partial charge in [0.05, 0.1) is 11.0 Å². The minimum atomic E-state index is -0.168. The average Bonchev–Trinajstić information content (AvgIpc) is 3.76. The third kappa shape index (κ3) is 5.45. The van der Waals surface area contributed by atoms with Gasteiger partial charge < -0.3 is 14.3 Å². The normalized spacial score (nSPS) is 11.5. The van der Waals surface area contributed by atoms with E-state index in [0.717, 1.165) is 60.9 Å². The Morgan fingerprint density at radius 2 is 1.00 bits per heavy atom. The van der Waals surface area contributed by atoms with E-state index in [1.165, 1.54) is 21.9 Å². The highest BCUT2D eigenvalue weighted by atomic mass is 16.3. The van der Waals surface area contributed by atoms with E-state index in [1.807, 2.05) is 72.8 Å². The number of carbonyl (C=O) groups excluding carboxylic acids is 1. The van der Waals surface area contributed by atoms with E-state index >= 15 is 0 Å². The number of nitrogens with zero attached hydrogens (tertiary/aromatic N) is 1. The second-order valence-electron chi connectivity index (χ2n) is 13.4. The van der Waals surface area contributed by atoms with Crippen molar-refractivity contribution < 1.29 is 9.21 Å². The zero-order chi connectivity index (χ0) is 35.3. The number of para-hydroxylation sites is 1. The number of hydrogen-bond acceptors (Lipinski definition) is 2. The lowest BCUT2D eigenvalue weighted by atomic mass is 9.98. The Kier molecular flexibility index (Phi) is 7.26. The molecule has 53 heavy (non-hydrogen) atoms. The van der Waals surface area contributed by atoms with Crippen molar-refractivity contribution in [2.45, 2.75) is 0 Å². The van der Waals surface area contributed by atoms with Gasteiger partial charge in [0.2, 0.25) is 0 Å². The van der Waals surface area contributed by atoms with Crippen LogP contribution < -0.4 is 5.32 Å². The molecule has 8 aromatic carbocycles. The summed E-state index contributed by atoms with van der Waals surface area (Å²) in [6, 6.07) is 64.5. The first kappa shape index (κ1) is 30.6. The molecule has 0 spiro atoms. The molecule has 2 heterocycles. The average molecular weight is 681 g/mol. The van der Waals surface area contributed by atoms with Crippen LogP contribution in [0.25, 0.3) is 82.8 Å². The molecule has 0 aliphatic rings. The monoisotopic (exact) mass is 680 g/mol. The van der Waals surface area contributed by atoms with E-state index in [0.29, 0.717) is 11.3 Å². The molecular weight excluding hydrogens is 649 g/mol. The number of fused-ring (bicyclic) bond motifs is 6. The smallest absolute Gasteiger partial charge is 0.255 e. The number of nitrogens with one attached hydrogen (secondary N) is 1. The quantitative estimate of drug-likeness (QED) is 0.190. The van der Waals surface area contributed by atoms with Crippen LogP contribution in [0.2, 0.25) is 0 Å². The van der Waals surface area contributed by atoms with E-state index in [4.69, 9.17) is 4.42 Å². The fourth-order valence-electron chi connectivity index (χ4n) is 7.60. The van der Waals surface area contributed by atoms with Gasteiger partial charge in [-0.25, -0.2) is 0 Å². The second-order valence-corrected chi connectivity index (χ2v) is 13.4. The largest absolute Gasteiger partial charge is 0.456 e. The molecule has 4 nitrogen and oxygen atoms in total. The Morgan fingerprint density at radius 3 is 1.77 bits per heavy atom. The summed E-state index contributed by atoms with van der Waals surface area (Å²) >= 11 is 0. The Labute approximate surface area is 306 Å². The lowest BCUT2D eigenvalue weighted by Crippen LogP contribution is -2.11. The molecule has 10 aromatic rings. The van der Waals surface area contributed by atoms with E-state index in [9.17, 15) is 4.79 Å². The van der Waals surface area contributed by atoms with Crippen LogP contribution in [0.1, 0.15) is 10.4 Å². The van der Waals surface area contributed by atoms with Crippen molar-refractivity contribution in [3.63, 3.8) is 0 Å². The molecule has 1 amide bonds. The number of benzene rings is 8. The summed E-state index contributed by atoms with van der Waals surface area (Å²) in [4.78, 5) is 13.7. The van der Waals surface area contributed by atoms with Gasteiger partial charge in [0.25, 0.3) is 5.91 Å². The second kappa shape index (κ2) is 12.6. The van der Waals surface area contributed by atoms with Crippen LogP contribution in [-0.2, 0) is 0 Å². The molecule has 0 fully saturated rings.